The number of benzene rings is 2. The van der Waals surface area contributed by atoms with Crippen LogP contribution in [0.15, 0.2) is 36.4 Å². The molecular formula is C19H22N2O3. The van der Waals surface area contributed by atoms with Gasteiger partial charge in [0.25, 0.3) is 0 Å². The van der Waals surface area contributed by atoms with Crippen molar-refractivity contribution in [3.63, 3.8) is 0 Å². The maximum Gasteiger partial charge on any atom is 0.228 e. The van der Waals surface area contributed by atoms with Crippen molar-refractivity contribution < 1.29 is 14.3 Å². The fourth-order valence-electron chi connectivity index (χ4n) is 3.35. The Morgan fingerprint density at radius 2 is 1.67 bits per heavy atom. The minimum absolute atomic E-state index is 0.00507. The number of para-hydroxylation sites is 1. The maximum atomic E-state index is 12.6. The van der Waals surface area contributed by atoms with Gasteiger partial charge in [-0.05, 0) is 35.7 Å². The first-order chi connectivity index (χ1) is 11.6. The lowest BCUT2D eigenvalue weighted by Gasteiger charge is -2.33. The molecule has 2 unspecified atom stereocenters. The quantitative estimate of drug-likeness (QED) is 0.847. The van der Waals surface area contributed by atoms with E-state index in [9.17, 15) is 4.79 Å². The zero-order chi connectivity index (χ0) is 17.3. The largest absolute Gasteiger partial charge is 0.493 e. The van der Waals surface area contributed by atoms with E-state index in [1.165, 1.54) is 0 Å². The van der Waals surface area contributed by atoms with Crippen molar-refractivity contribution in [1.82, 2.24) is 5.32 Å². The number of carbonyl (C=O) groups is 1. The van der Waals surface area contributed by atoms with E-state index in [0.29, 0.717) is 23.6 Å². The molecular weight excluding hydrogens is 304 g/mol. The first-order valence-electron chi connectivity index (χ1n) is 8.01. The Kier molecular flexibility index (Phi) is 4.34. The van der Waals surface area contributed by atoms with E-state index in [4.69, 9.17) is 15.2 Å². The van der Waals surface area contributed by atoms with E-state index in [1.54, 1.807) is 14.2 Å². The van der Waals surface area contributed by atoms with Crippen LogP contribution in [0.4, 0.5) is 5.69 Å². The van der Waals surface area contributed by atoms with Gasteiger partial charge in [0.2, 0.25) is 5.91 Å². The first kappa shape index (κ1) is 16.2. The molecule has 0 radical (unpaired) electrons. The highest BCUT2D eigenvalue weighted by Gasteiger charge is 2.34. The third-order valence-corrected chi connectivity index (χ3v) is 4.59. The number of rotatable bonds is 4. The van der Waals surface area contributed by atoms with Gasteiger partial charge in [0, 0.05) is 11.3 Å². The van der Waals surface area contributed by atoms with E-state index >= 15 is 0 Å². The average molecular weight is 326 g/mol. The zero-order valence-corrected chi connectivity index (χ0v) is 14.1. The van der Waals surface area contributed by atoms with Crippen molar-refractivity contribution in [2.75, 3.05) is 20.0 Å². The molecule has 3 N–H and O–H groups in total. The highest BCUT2D eigenvalue weighted by molar-refractivity contribution is 5.87. The number of nitrogens with one attached hydrogen (secondary N) is 1. The molecule has 0 aromatic heterocycles. The van der Waals surface area contributed by atoms with Gasteiger partial charge >= 0.3 is 0 Å². The van der Waals surface area contributed by atoms with Crippen molar-refractivity contribution in [2.24, 2.45) is 0 Å². The third-order valence-electron chi connectivity index (χ3n) is 4.59. The molecule has 1 heterocycles. The molecule has 5 nitrogen and oxygen atoms in total. The lowest BCUT2D eigenvalue weighted by molar-refractivity contribution is -0.123. The number of methoxy groups -OCH3 is 2. The molecule has 2 aromatic carbocycles. The molecule has 1 aliphatic heterocycles. The summed E-state index contributed by atoms with van der Waals surface area (Å²) in [5.41, 5.74) is 9.64. The lowest BCUT2D eigenvalue weighted by atomic mass is 9.81. The van der Waals surface area contributed by atoms with Gasteiger partial charge in [0.15, 0.2) is 11.5 Å². The number of ether oxygens (including phenoxy) is 2. The second kappa shape index (κ2) is 6.43. The average Bonchev–Trinajstić information content (AvgIpc) is 2.60. The highest BCUT2D eigenvalue weighted by atomic mass is 16.5. The molecule has 0 fully saturated rings. The number of nitrogen functional groups attached to an aromatic ring is 1. The summed E-state index contributed by atoms with van der Waals surface area (Å²) in [6, 6.07) is 11.1. The Balaban J connectivity index is 2.22. The van der Waals surface area contributed by atoms with Gasteiger partial charge in [-0.15, -0.1) is 0 Å². The van der Waals surface area contributed by atoms with Gasteiger partial charge in [-0.3, -0.25) is 4.79 Å². The summed E-state index contributed by atoms with van der Waals surface area (Å²) in [6.45, 7) is 2.00. The predicted molar refractivity (Wildman–Crippen MR) is 93.4 cm³/mol. The molecule has 2 aromatic rings. The number of carbonyl (C=O) groups excluding carboxylic acids is 1. The van der Waals surface area contributed by atoms with E-state index < -0.39 is 0 Å². The summed E-state index contributed by atoms with van der Waals surface area (Å²) < 4.78 is 10.9. The SMILES string of the molecule is CCC1C(=O)NC(c2ccccc2N)c2cc(OC)c(OC)cc21. The van der Waals surface area contributed by atoms with Crippen molar-refractivity contribution >= 4 is 11.6 Å². The summed E-state index contributed by atoms with van der Waals surface area (Å²) in [4.78, 5) is 12.6. The normalized spacial score (nSPS) is 19.4. The fraction of sp³-hybridized carbons (Fsp3) is 0.316. The number of amides is 1. The summed E-state index contributed by atoms with van der Waals surface area (Å²) >= 11 is 0. The molecule has 2 atom stereocenters. The zero-order valence-electron chi connectivity index (χ0n) is 14.1. The monoisotopic (exact) mass is 326 g/mol. The van der Waals surface area contributed by atoms with Crippen molar-refractivity contribution in [3.05, 3.63) is 53.1 Å². The number of nitrogens with two attached hydrogens (primary N) is 1. The van der Waals surface area contributed by atoms with Gasteiger partial charge in [-0.25, -0.2) is 0 Å². The number of hydrogen-bond donors (Lipinski definition) is 2. The van der Waals surface area contributed by atoms with Gasteiger partial charge in [-0.1, -0.05) is 25.1 Å². The van der Waals surface area contributed by atoms with Gasteiger partial charge in [0.1, 0.15) is 0 Å². The molecule has 1 amide bonds. The standard InChI is InChI=1S/C19H22N2O3/c1-4-11-13-9-16(23-2)17(24-3)10-14(13)18(21-19(11)22)12-7-5-6-8-15(12)20/h5-11,18H,4,20H2,1-3H3,(H,21,22). The first-order valence-corrected chi connectivity index (χ1v) is 8.01. The summed E-state index contributed by atoms with van der Waals surface area (Å²) in [5, 5.41) is 3.10. The van der Waals surface area contributed by atoms with Crippen LogP contribution in [0.3, 0.4) is 0 Å². The van der Waals surface area contributed by atoms with Gasteiger partial charge in [0.05, 0.1) is 26.2 Å². The molecule has 5 heteroatoms. The number of fused-ring (bicyclic) bond motifs is 1. The smallest absolute Gasteiger partial charge is 0.228 e. The third kappa shape index (κ3) is 2.56. The second-order valence-corrected chi connectivity index (χ2v) is 5.87. The minimum atomic E-state index is -0.295. The lowest BCUT2D eigenvalue weighted by Crippen LogP contribution is -2.39. The predicted octanol–water partition coefficient (Wildman–Crippen LogP) is 3.00. The Morgan fingerprint density at radius 1 is 1.04 bits per heavy atom. The molecule has 0 bridgehead atoms. The van der Waals surface area contributed by atoms with Crippen molar-refractivity contribution in [3.8, 4) is 11.5 Å². The van der Waals surface area contributed by atoms with Crippen LogP contribution in [0, 0.1) is 0 Å². The van der Waals surface area contributed by atoms with E-state index in [2.05, 4.69) is 5.32 Å². The van der Waals surface area contributed by atoms with E-state index in [1.807, 2.05) is 43.3 Å². The van der Waals surface area contributed by atoms with Crippen LogP contribution >= 0.6 is 0 Å². The molecule has 126 valence electrons. The van der Waals surface area contributed by atoms with Crippen molar-refractivity contribution in [2.45, 2.75) is 25.3 Å². The van der Waals surface area contributed by atoms with Crippen LogP contribution in [-0.4, -0.2) is 20.1 Å². The molecule has 0 saturated carbocycles. The summed E-state index contributed by atoms with van der Waals surface area (Å²) in [6.07, 6.45) is 0.714. The molecule has 0 saturated heterocycles. The second-order valence-electron chi connectivity index (χ2n) is 5.87. The Morgan fingerprint density at radius 3 is 2.25 bits per heavy atom. The fourth-order valence-corrected chi connectivity index (χ4v) is 3.35. The Bertz CT molecular complexity index is 773. The summed E-state index contributed by atoms with van der Waals surface area (Å²) in [7, 11) is 3.20. The molecule has 1 aliphatic rings. The Labute approximate surface area is 141 Å². The maximum absolute atomic E-state index is 12.6. The number of hydrogen-bond acceptors (Lipinski definition) is 4. The van der Waals surface area contributed by atoms with Crippen LogP contribution < -0.4 is 20.5 Å². The topological polar surface area (TPSA) is 73.6 Å². The summed E-state index contributed by atoms with van der Waals surface area (Å²) in [5.74, 6) is 1.07. The molecule has 0 aliphatic carbocycles. The van der Waals surface area contributed by atoms with Crippen LogP contribution in [0.25, 0.3) is 0 Å². The van der Waals surface area contributed by atoms with Gasteiger partial charge in [-0.2, -0.15) is 0 Å². The minimum Gasteiger partial charge on any atom is -0.493 e. The van der Waals surface area contributed by atoms with Crippen LogP contribution in [0.5, 0.6) is 11.5 Å². The van der Waals surface area contributed by atoms with Crippen LogP contribution in [0.2, 0.25) is 0 Å². The van der Waals surface area contributed by atoms with E-state index in [-0.39, 0.29) is 17.9 Å². The van der Waals surface area contributed by atoms with Crippen LogP contribution in [0.1, 0.15) is 42.0 Å². The van der Waals surface area contributed by atoms with Gasteiger partial charge < -0.3 is 20.5 Å². The molecule has 24 heavy (non-hydrogen) atoms. The molecule has 0 spiro atoms. The Hall–Kier alpha value is -2.69. The molecule has 3 rings (SSSR count). The van der Waals surface area contributed by atoms with Crippen LogP contribution in [-0.2, 0) is 4.79 Å². The van der Waals surface area contributed by atoms with Crippen molar-refractivity contribution in [1.29, 1.82) is 0 Å². The van der Waals surface area contributed by atoms with E-state index in [0.717, 1.165) is 16.7 Å². The number of anilines is 1. The highest BCUT2D eigenvalue weighted by Crippen LogP contribution is 2.43.